The van der Waals surface area contributed by atoms with Gasteiger partial charge < -0.3 is 9.84 Å². The van der Waals surface area contributed by atoms with Crippen molar-refractivity contribution in [3.05, 3.63) is 41.5 Å². The molecular formula is C15H21N3O2. The van der Waals surface area contributed by atoms with Gasteiger partial charge in [0.15, 0.2) is 0 Å². The van der Waals surface area contributed by atoms with Crippen LogP contribution >= 0.6 is 0 Å². The van der Waals surface area contributed by atoms with E-state index in [0.717, 1.165) is 11.3 Å². The minimum Gasteiger partial charge on any atom is -0.495 e. The first-order chi connectivity index (χ1) is 9.34. The van der Waals surface area contributed by atoms with Crippen molar-refractivity contribution in [3.8, 4) is 5.75 Å². The van der Waals surface area contributed by atoms with Crippen LogP contribution in [0.3, 0.4) is 0 Å². The number of methoxy groups -OCH3 is 1. The summed E-state index contributed by atoms with van der Waals surface area (Å²) in [5, 5.41) is 15.1. The van der Waals surface area contributed by atoms with Gasteiger partial charge in [-0.1, -0.05) is 20.8 Å². The van der Waals surface area contributed by atoms with Crippen molar-refractivity contribution < 1.29 is 9.84 Å². The van der Waals surface area contributed by atoms with Gasteiger partial charge in [-0.15, -0.1) is 0 Å². The van der Waals surface area contributed by atoms with Gasteiger partial charge >= 0.3 is 0 Å². The van der Waals surface area contributed by atoms with E-state index >= 15 is 0 Å². The topological polar surface area (TPSA) is 60.2 Å². The first-order valence-corrected chi connectivity index (χ1v) is 6.55. The molecular weight excluding hydrogens is 254 g/mol. The predicted molar refractivity (Wildman–Crippen MR) is 76.8 cm³/mol. The Morgan fingerprint density at radius 1 is 1.35 bits per heavy atom. The van der Waals surface area contributed by atoms with Gasteiger partial charge in [-0.25, -0.2) is 0 Å². The third-order valence-corrected chi connectivity index (χ3v) is 3.14. The fourth-order valence-corrected chi connectivity index (χ4v) is 2.22. The number of aryl methyl sites for hydroxylation is 1. The van der Waals surface area contributed by atoms with Crippen molar-refractivity contribution in [1.82, 2.24) is 14.8 Å². The Morgan fingerprint density at radius 2 is 2.05 bits per heavy atom. The van der Waals surface area contributed by atoms with Gasteiger partial charge in [0.05, 0.1) is 12.8 Å². The maximum absolute atomic E-state index is 10.7. The Hall–Kier alpha value is -1.88. The molecule has 0 aliphatic heterocycles. The van der Waals surface area contributed by atoms with Crippen molar-refractivity contribution in [2.24, 2.45) is 7.05 Å². The molecule has 0 bridgehead atoms. The van der Waals surface area contributed by atoms with Crippen LogP contribution in [0, 0.1) is 0 Å². The lowest BCUT2D eigenvalue weighted by Crippen LogP contribution is -2.17. The van der Waals surface area contributed by atoms with Crippen LogP contribution in [0.25, 0.3) is 0 Å². The van der Waals surface area contributed by atoms with Crippen LogP contribution in [-0.4, -0.2) is 27.0 Å². The predicted octanol–water partition coefficient (Wildman–Crippen LogP) is 2.20. The zero-order valence-electron chi connectivity index (χ0n) is 12.6. The molecule has 0 saturated heterocycles. The molecule has 108 valence electrons. The summed E-state index contributed by atoms with van der Waals surface area (Å²) in [6, 6.07) is 3.57. The molecule has 20 heavy (non-hydrogen) atoms. The van der Waals surface area contributed by atoms with Crippen LogP contribution in [0.15, 0.2) is 24.5 Å². The Bertz CT molecular complexity index is 599. The van der Waals surface area contributed by atoms with Gasteiger partial charge in [0.1, 0.15) is 17.5 Å². The SMILES string of the molecule is COc1cccnc1C(O)c1cn(C)nc1C(C)(C)C. The number of hydrogen-bond acceptors (Lipinski definition) is 4. The van der Waals surface area contributed by atoms with Gasteiger partial charge in [0.2, 0.25) is 0 Å². The molecule has 0 aromatic carbocycles. The minimum absolute atomic E-state index is 0.153. The van der Waals surface area contributed by atoms with E-state index in [1.54, 1.807) is 30.1 Å². The smallest absolute Gasteiger partial charge is 0.143 e. The highest BCUT2D eigenvalue weighted by molar-refractivity contribution is 5.37. The molecule has 1 N–H and O–H groups in total. The number of nitrogens with zero attached hydrogens (tertiary/aromatic N) is 3. The van der Waals surface area contributed by atoms with Crippen LogP contribution in [0.2, 0.25) is 0 Å². The van der Waals surface area contributed by atoms with Crippen LogP contribution < -0.4 is 4.74 Å². The molecule has 2 heterocycles. The third kappa shape index (κ3) is 2.67. The fraction of sp³-hybridized carbons (Fsp3) is 0.467. The van der Waals surface area contributed by atoms with Crippen LogP contribution in [-0.2, 0) is 12.5 Å². The molecule has 2 aromatic heterocycles. The van der Waals surface area contributed by atoms with Crippen molar-refractivity contribution in [1.29, 1.82) is 0 Å². The molecule has 0 saturated carbocycles. The van der Waals surface area contributed by atoms with Crippen LogP contribution in [0.4, 0.5) is 0 Å². The number of ether oxygens (including phenoxy) is 1. The fourth-order valence-electron chi connectivity index (χ4n) is 2.22. The molecule has 0 fully saturated rings. The number of hydrogen-bond donors (Lipinski definition) is 1. The average molecular weight is 275 g/mol. The molecule has 0 amide bonds. The van der Waals surface area contributed by atoms with Crippen LogP contribution in [0.1, 0.15) is 43.8 Å². The summed E-state index contributed by atoms with van der Waals surface area (Å²) in [7, 11) is 3.42. The van der Waals surface area contributed by atoms with Gasteiger partial charge in [0.25, 0.3) is 0 Å². The Kier molecular flexibility index (Phi) is 3.81. The molecule has 0 spiro atoms. The lowest BCUT2D eigenvalue weighted by molar-refractivity contribution is 0.206. The maximum atomic E-state index is 10.7. The molecule has 2 aromatic rings. The lowest BCUT2D eigenvalue weighted by atomic mass is 9.87. The second-order valence-corrected chi connectivity index (χ2v) is 5.85. The van der Waals surface area contributed by atoms with Gasteiger partial charge in [0, 0.05) is 30.4 Å². The summed E-state index contributed by atoms with van der Waals surface area (Å²) in [5.41, 5.74) is 1.98. The number of aliphatic hydroxyl groups excluding tert-OH is 1. The van der Waals surface area contributed by atoms with E-state index in [4.69, 9.17) is 4.74 Å². The van der Waals surface area contributed by atoms with Gasteiger partial charge in [-0.2, -0.15) is 5.10 Å². The standard InChI is InChI=1S/C15H21N3O2/c1-15(2,3)14-10(9-18(4)17-14)13(19)12-11(20-5)7-6-8-16-12/h6-9,13,19H,1-5H3. The van der Waals surface area contributed by atoms with E-state index in [1.165, 1.54) is 0 Å². The number of pyridine rings is 1. The van der Waals surface area contributed by atoms with Crippen molar-refractivity contribution in [2.45, 2.75) is 32.3 Å². The second kappa shape index (κ2) is 5.25. The Balaban J connectivity index is 2.51. The average Bonchev–Trinajstić information content (AvgIpc) is 2.80. The lowest BCUT2D eigenvalue weighted by Gasteiger charge is -2.20. The number of rotatable bonds is 3. The second-order valence-electron chi connectivity index (χ2n) is 5.85. The van der Waals surface area contributed by atoms with E-state index in [9.17, 15) is 5.11 Å². The molecule has 1 atom stereocenters. The normalized spacial score (nSPS) is 13.3. The summed E-state index contributed by atoms with van der Waals surface area (Å²) in [5.74, 6) is 0.573. The Labute approximate surface area is 119 Å². The summed E-state index contributed by atoms with van der Waals surface area (Å²) >= 11 is 0. The Morgan fingerprint density at radius 3 is 2.65 bits per heavy atom. The maximum Gasteiger partial charge on any atom is 0.143 e. The van der Waals surface area contributed by atoms with E-state index < -0.39 is 6.10 Å². The largest absolute Gasteiger partial charge is 0.495 e. The van der Waals surface area contributed by atoms with E-state index in [2.05, 4.69) is 30.9 Å². The third-order valence-electron chi connectivity index (χ3n) is 3.14. The minimum atomic E-state index is -0.853. The van der Waals surface area contributed by atoms with E-state index in [-0.39, 0.29) is 5.41 Å². The number of aromatic nitrogens is 3. The van der Waals surface area contributed by atoms with Crippen molar-refractivity contribution >= 4 is 0 Å². The zero-order chi connectivity index (χ0) is 14.9. The molecule has 5 heteroatoms. The van der Waals surface area contributed by atoms with Crippen LogP contribution in [0.5, 0.6) is 5.75 Å². The highest BCUT2D eigenvalue weighted by atomic mass is 16.5. The quantitative estimate of drug-likeness (QED) is 0.933. The van der Waals surface area contributed by atoms with E-state index in [1.807, 2.05) is 13.2 Å². The molecule has 0 aliphatic carbocycles. The number of aliphatic hydroxyl groups is 1. The van der Waals surface area contributed by atoms with Crippen molar-refractivity contribution in [3.63, 3.8) is 0 Å². The molecule has 5 nitrogen and oxygen atoms in total. The van der Waals surface area contributed by atoms with Gasteiger partial charge in [-0.05, 0) is 12.1 Å². The zero-order valence-corrected chi connectivity index (χ0v) is 12.6. The monoisotopic (exact) mass is 275 g/mol. The van der Waals surface area contributed by atoms with Gasteiger partial charge in [-0.3, -0.25) is 9.67 Å². The molecule has 0 aliphatic rings. The first-order valence-electron chi connectivity index (χ1n) is 6.55. The van der Waals surface area contributed by atoms with Crippen molar-refractivity contribution in [2.75, 3.05) is 7.11 Å². The molecule has 2 rings (SSSR count). The summed E-state index contributed by atoms with van der Waals surface area (Å²) in [6.45, 7) is 6.21. The summed E-state index contributed by atoms with van der Waals surface area (Å²) in [6.07, 6.45) is 2.63. The summed E-state index contributed by atoms with van der Waals surface area (Å²) < 4.78 is 6.99. The highest BCUT2D eigenvalue weighted by Gasteiger charge is 2.28. The molecule has 0 radical (unpaired) electrons. The summed E-state index contributed by atoms with van der Waals surface area (Å²) in [4.78, 5) is 4.25. The highest BCUT2D eigenvalue weighted by Crippen LogP contribution is 2.33. The van der Waals surface area contributed by atoms with E-state index in [0.29, 0.717) is 11.4 Å². The molecule has 1 unspecified atom stereocenters. The first kappa shape index (κ1) is 14.5.